The van der Waals surface area contributed by atoms with Crippen LogP contribution < -0.4 is 0 Å². The van der Waals surface area contributed by atoms with Crippen LogP contribution in [0.15, 0.2) is 24.3 Å². The largest absolute Gasteiger partial charge is 0.465 e. The number of ether oxygens (including phenoxy) is 1. The summed E-state index contributed by atoms with van der Waals surface area (Å²) in [5, 5.41) is 0. The fourth-order valence-corrected chi connectivity index (χ4v) is 2.72. The van der Waals surface area contributed by atoms with Gasteiger partial charge in [-0.3, -0.25) is 9.59 Å². The van der Waals surface area contributed by atoms with E-state index >= 15 is 0 Å². The Balaban J connectivity index is 2.02. The summed E-state index contributed by atoms with van der Waals surface area (Å²) in [6.45, 7) is 2.09. The maximum atomic E-state index is 12.2. The molecule has 0 heterocycles. The van der Waals surface area contributed by atoms with E-state index in [-0.39, 0.29) is 17.7 Å². The van der Waals surface area contributed by atoms with Gasteiger partial charge in [0.05, 0.1) is 6.61 Å². The van der Waals surface area contributed by atoms with E-state index in [2.05, 4.69) is 0 Å². The summed E-state index contributed by atoms with van der Waals surface area (Å²) in [5.74, 6) is -0.331. The Morgan fingerprint density at radius 1 is 1.50 bits per heavy atom. The highest BCUT2D eigenvalue weighted by Gasteiger charge is 2.71. The van der Waals surface area contributed by atoms with Gasteiger partial charge >= 0.3 is 5.97 Å². The second kappa shape index (κ2) is 2.94. The van der Waals surface area contributed by atoms with E-state index in [1.807, 2.05) is 18.2 Å². The van der Waals surface area contributed by atoms with Crippen molar-refractivity contribution < 1.29 is 14.3 Å². The topological polar surface area (TPSA) is 43.4 Å². The van der Waals surface area contributed by atoms with Crippen molar-refractivity contribution in [2.75, 3.05) is 6.61 Å². The Kier molecular flexibility index (Phi) is 1.76. The highest BCUT2D eigenvalue weighted by molar-refractivity contribution is 6.20. The van der Waals surface area contributed by atoms with Gasteiger partial charge in [0.1, 0.15) is 5.41 Å². The van der Waals surface area contributed by atoms with Crippen molar-refractivity contribution in [2.45, 2.75) is 19.3 Å². The average molecular weight is 216 g/mol. The van der Waals surface area contributed by atoms with Crippen LogP contribution in [0.25, 0.3) is 0 Å². The van der Waals surface area contributed by atoms with Gasteiger partial charge in [0, 0.05) is 11.5 Å². The average Bonchev–Trinajstić information content (AvgIpc) is 3.00. The maximum absolute atomic E-state index is 12.2. The molecule has 2 aliphatic carbocycles. The minimum absolute atomic E-state index is 0.0495. The predicted octanol–water partition coefficient (Wildman–Crippen LogP) is 1.92. The third-order valence-electron chi connectivity index (χ3n) is 3.59. The van der Waals surface area contributed by atoms with Crippen LogP contribution in [0, 0.1) is 5.41 Å². The molecule has 0 N–H and O–H groups in total. The molecule has 1 saturated carbocycles. The van der Waals surface area contributed by atoms with Crippen molar-refractivity contribution in [3.8, 4) is 0 Å². The first-order chi connectivity index (χ1) is 7.71. The number of hydrogen-bond donors (Lipinski definition) is 0. The first-order valence-electron chi connectivity index (χ1n) is 5.52. The molecular weight excluding hydrogens is 204 g/mol. The minimum atomic E-state index is -0.861. The Hall–Kier alpha value is -1.64. The van der Waals surface area contributed by atoms with Gasteiger partial charge in [0.25, 0.3) is 0 Å². The molecule has 1 aromatic carbocycles. The SMILES string of the molecule is CCOC(=O)[C@@]12C[C@H]1c1ccccc1C2=O. The first-order valence-corrected chi connectivity index (χ1v) is 5.52. The van der Waals surface area contributed by atoms with Gasteiger partial charge in [0.15, 0.2) is 5.78 Å². The molecule has 3 heteroatoms. The van der Waals surface area contributed by atoms with Crippen molar-refractivity contribution in [2.24, 2.45) is 5.41 Å². The fraction of sp³-hybridized carbons (Fsp3) is 0.385. The monoisotopic (exact) mass is 216 g/mol. The molecule has 1 aromatic rings. The molecule has 0 radical (unpaired) electrons. The molecule has 1 fully saturated rings. The molecule has 0 aliphatic heterocycles. The first kappa shape index (κ1) is 9.58. The lowest BCUT2D eigenvalue weighted by Crippen LogP contribution is -2.26. The quantitative estimate of drug-likeness (QED) is 0.560. The van der Waals surface area contributed by atoms with Gasteiger partial charge in [-0.1, -0.05) is 24.3 Å². The molecule has 0 unspecified atom stereocenters. The number of Topliss-reactive ketones (excluding diaryl/α,β-unsaturated/α-hetero) is 1. The van der Waals surface area contributed by atoms with Crippen LogP contribution in [-0.2, 0) is 9.53 Å². The number of carbonyl (C=O) groups is 2. The molecule has 0 saturated heterocycles. The molecule has 16 heavy (non-hydrogen) atoms. The number of carbonyl (C=O) groups excluding carboxylic acids is 2. The number of ketones is 1. The van der Waals surface area contributed by atoms with Crippen LogP contribution in [0.5, 0.6) is 0 Å². The lowest BCUT2D eigenvalue weighted by molar-refractivity contribution is -0.147. The zero-order valence-electron chi connectivity index (χ0n) is 9.03. The molecule has 3 nitrogen and oxygen atoms in total. The van der Waals surface area contributed by atoms with Crippen LogP contribution in [-0.4, -0.2) is 18.4 Å². The molecule has 82 valence electrons. The Morgan fingerprint density at radius 3 is 2.94 bits per heavy atom. The van der Waals surface area contributed by atoms with E-state index in [1.165, 1.54) is 0 Å². The standard InChI is InChI=1S/C13H12O3/c1-2-16-12(15)13-7-10(13)8-5-3-4-6-9(8)11(13)14/h3-6,10H,2,7H2,1H3/t10-,13-/m0/s1. The molecule has 0 amide bonds. The summed E-state index contributed by atoms with van der Waals surface area (Å²) >= 11 is 0. The summed E-state index contributed by atoms with van der Waals surface area (Å²) in [6.07, 6.45) is 0.627. The Morgan fingerprint density at radius 2 is 2.25 bits per heavy atom. The van der Waals surface area contributed by atoms with E-state index < -0.39 is 5.41 Å². The molecule has 0 bridgehead atoms. The third kappa shape index (κ3) is 0.932. The normalized spacial score (nSPS) is 29.6. The second-order valence-electron chi connectivity index (χ2n) is 4.36. The molecule has 0 spiro atoms. The van der Waals surface area contributed by atoms with Crippen LogP contribution in [0.4, 0.5) is 0 Å². The summed E-state index contributed by atoms with van der Waals surface area (Å²) in [6, 6.07) is 7.47. The maximum Gasteiger partial charge on any atom is 0.320 e. The van der Waals surface area contributed by atoms with Crippen molar-refractivity contribution >= 4 is 11.8 Å². The number of fused-ring (bicyclic) bond motifs is 3. The lowest BCUT2D eigenvalue weighted by Gasteiger charge is -2.09. The molecular formula is C13H12O3. The van der Waals surface area contributed by atoms with Crippen LogP contribution in [0.3, 0.4) is 0 Å². The molecule has 3 rings (SSSR count). The van der Waals surface area contributed by atoms with Crippen molar-refractivity contribution in [3.05, 3.63) is 35.4 Å². The number of esters is 1. The van der Waals surface area contributed by atoms with E-state index in [1.54, 1.807) is 13.0 Å². The number of rotatable bonds is 2. The lowest BCUT2D eigenvalue weighted by atomic mass is 9.99. The highest BCUT2D eigenvalue weighted by atomic mass is 16.5. The predicted molar refractivity (Wildman–Crippen MR) is 57.2 cm³/mol. The number of hydrogen-bond acceptors (Lipinski definition) is 3. The van der Waals surface area contributed by atoms with Crippen LogP contribution >= 0.6 is 0 Å². The van der Waals surface area contributed by atoms with Crippen molar-refractivity contribution in [1.82, 2.24) is 0 Å². The molecule has 0 aromatic heterocycles. The van der Waals surface area contributed by atoms with E-state index in [9.17, 15) is 9.59 Å². The van der Waals surface area contributed by atoms with Gasteiger partial charge in [0.2, 0.25) is 0 Å². The molecule has 2 aliphatic rings. The van der Waals surface area contributed by atoms with E-state index in [0.717, 1.165) is 5.56 Å². The van der Waals surface area contributed by atoms with Crippen molar-refractivity contribution in [3.63, 3.8) is 0 Å². The number of benzene rings is 1. The van der Waals surface area contributed by atoms with E-state index in [4.69, 9.17) is 4.74 Å². The van der Waals surface area contributed by atoms with Gasteiger partial charge in [-0.15, -0.1) is 0 Å². The zero-order chi connectivity index (χ0) is 11.3. The summed E-state index contributed by atoms with van der Waals surface area (Å²) < 4.78 is 5.01. The fourth-order valence-electron chi connectivity index (χ4n) is 2.72. The van der Waals surface area contributed by atoms with Crippen LogP contribution in [0.2, 0.25) is 0 Å². The van der Waals surface area contributed by atoms with Gasteiger partial charge in [-0.25, -0.2) is 0 Å². The third-order valence-corrected chi connectivity index (χ3v) is 3.59. The summed E-state index contributed by atoms with van der Waals surface area (Å²) in [4.78, 5) is 24.0. The van der Waals surface area contributed by atoms with Crippen molar-refractivity contribution in [1.29, 1.82) is 0 Å². The Bertz CT molecular complexity index is 492. The minimum Gasteiger partial charge on any atom is -0.465 e. The van der Waals surface area contributed by atoms with Crippen LogP contribution in [0.1, 0.15) is 35.2 Å². The second-order valence-corrected chi connectivity index (χ2v) is 4.36. The van der Waals surface area contributed by atoms with Gasteiger partial charge < -0.3 is 4.74 Å². The Labute approximate surface area is 93.4 Å². The summed E-state index contributed by atoms with van der Waals surface area (Å²) in [7, 11) is 0. The van der Waals surface area contributed by atoms with Gasteiger partial charge in [-0.05, 0) is 18.9 Å². The highest BCUT2D eigenvalue weighted by Crippen LogP contribution is 2.66. The van der Waals surface area contributed by atoms with E-state index in [0.29, 0.717) is 18.6 Å². The summed E-state index contributed by atoms with van der Waals surface area (Å²) in [5.41, 5.74) is 0.854. The zero-order valence-corrected chi connectivity index (χ0v) is 9.03. The molecule has 2 atom stereocenters. The smallest absolute Gasteiger partial charge is 0.320 e. The van der Waals surface area contributed by atoms with Gasteiger partial charge in [-0.2, -0.15) is 0 Å².